The second-order valence-electron chi connectivity index (χ2n) is 6.64. The largest absolute Gasteiger partial charge is 0.441 e. The van der Waals surface area contributed by atoms with Crippen LogP contribution in [0.15, 0.2) is 65.2 Å². The number of aromatic nitrogens is 4. The quantitative estimate of drug-likeness (QED) is 0.537. The fourth-order valence-corrected chi connectivity index (χ4v) is 2.76. The number of carbonyl (C=O) groups excluding carboxylic acids is 1. The molecular formula is C21H19N5O2. The second-order valence-corrected chi connectivity index (χ2v) is 6.64. The molecule has 7 heteroatoms. The molecule has 1 amide bonds. The first kappa shape index (κ1) is 17.7. The maximum Gasteiger partial charge on any atom is 0.278 e. The van der Waals surface area contributed by atoms with Crippen molar-refractivity contribution >= 4 is 11.6 Å². The summed E-state index contributed by atoms with van der Waals surface area (Å²) < 4.78 is 5.75. The molecule has 0 aliphatic carbocycles. The summed E-state index contributed by atoms with van der Waals surface area (Å²) in [5, 5.41) is 13.5. The summed E-state index contributed by atoms with van der Waals surface area (Å²) in [5.41, 5.74) is 3.06. The van der Waals surface area contributed by atoms with Crippen LogP contribution in [-0.4, -0.2) is 26.3 Å². The molecule has 2 aromatic heterocycles. The molecule has 4 aromatic rings. The molecule has 0 aliphatic heterocycles. The average Bonchev–Trinajstić information content (AvgIpc) is 3.39. The minimum Gasteiger partial charge on any atom is -0.441 e. The molecule has 0 fully saturated rings. The van der Waals surface area contributed by atoms with Gasteiger partial charge in [-0.2, -0.15) is 15.4 Å². The number of hydrogen-bond acceptors (Lipinski definition) is 5. The Morgan fingerprint density at radius 1 is 1.00 bits per heavy atom. The molecule has 4 rings (SSSR count). The van der Waals surface area contributed by atoms with Gasteiger partial charge in [0.05, 0.1) is 6.20 Å². The van der Waals surface area contributed by atoms with Crippen molar-refractivity contribution in [3.05, 3.63) is 72.2 Å². The van der Waals surface area contributed by atoms with Crippen molar-refractivity contribution in [3.8, 4) is 22.7 Å². The van der Waals surface area contributed by atoms with E-state index in [1.165, 1.54) is 0 Å². The lowest BCUT2D eigenvalue weighted by molar-refractivity contribution is 0.102. The third kappa shape index (κ3) is 3.55. The highest BCUT2D eigenvalue weighted by Crippen LogP contribution is 2.25. The fraction of sp³-hybridized carbons (Fsp3) is 0.143. The first-order chi connectivity index (χ1) is 13.6. The number of hydrogen-bond donors (Lipinski definition) is 2. The van der Waals surface area contributed by atoms with Crippen LogP contribution in [-0.2, 0) is 0 Å². The topological polar surface area (TPSA) is 96.7 Å². The summed E-state index contributed by atoms with van der Waals surface area (Å²) in [4.78, 5) is 16.9. The van der Waals surface area contributed by atoms with Gasteiger partial charge < -0.3 is 9.73 Å². The molecule has 2 heterocycles. The number of carbonyl (C=O) groups is 1. The van der Waals surface area contributed by atoms with Crippen LogP contribution in [0.4, 0.5) is 5.69 Å². The number of amides is 1. The molecule has 28 heavy (non-hydrogen) atoms. The first-order valence-corrected chi connectivity index (χ1v) is 8.95. The van der Waals surface area contributed by atoms with Gasteiger partial charge in [0.25, 0.3) is 5.91 Å². The molecular weight excluding hydrogens is 354 g/mol. The zero-order valence-corrected chi connectivity index (χ0v) is 15.5. The van der Waals surface area contributed by atoms with Crippen molar-refractivity contribution in [2.45, 2.75) is 19.8 Å². The number of aromatic amines is 1. The summed E-state index contributed by atoms with van der Waals surface area (Å²) in [6, 6.07) is 16.7. The highest BCUT2D eigenvalue weighted by atomic mass is 16.4. The Balaban J connectivity index is 1.51. The Hall–Kier alpha value is -3.74. The van der Waals surface area contributed by atoms with Gasteiger partial charge in [-0.1, -0.05) is 44.2 Å². The van der Waals surface area contributed by atoms with Crippen molar-refractivity contribution in [3.63, 3.8) is 0 Å². The highest BCUT2D eigenvalue weighted by molar-refractivity contribution is 6.06. The number of nitrogens with zero attached hydrogens (tertiary/aromatic N) is 3. The summed E-state index contributed by atoms with van der Waals surface area (Å²) in [6.07, 6.45) is 1.74. The number of rotatable bonds is 5. The van der Waals surface area contributed by atoms with Crippen LogP contribution in [0, 0.1) is 0 Å². The van der Waals surface area contributed by atoms with Crippen molar-refractivity contribution in [1.82, 2.24) is 20.4 Å². The summed E-state index contributed by atoms with van der Waals surface area (Å²) in [7, 11) is 0. The molecule has 0 unspecified atom stereocenters. The van der Waals surface area contributed by atoms with Gasteiger partial charge in [0.15, 0.2) is 5.69 Å². The van der Waals surface area contributed by atoms with Crippen LogP contribution in [0.5, 0.6) is 0 Å². The molecule has 0 saturated carbocycles. The standard InChI is InChI=1S/C21H19N5O2/c1-13(2)17-12-22-21(28-17)15-8-10-16(11-9-15)23-20(27)19-18(24-26-25-19)14-6-4-3-5-7-14/h3-13H,1-2H3,(H,23,27)(H,24,25,26). The maximum absolute atomic E-state index is 12.6. The lowest BCUT2D eigenvalue weighted by Gasteiger charge is -2.05. The van der Waals surface area contributed by atoms with Gasteiger partial charge in [-0.15, -0.1) is 0 Å². The van der Waals surface area contributed by atoms with Gasteiger partial charge in [-0.05, 0) is 24.3 Å². The Morgan fingerprint density at radius 3 is 2.43 bits per heavy atom. The Labute approximate surface area is 161 Å². The van der Waals surface area contributed by atoms with E-state index in [0.29, 0.717) is 17.3 Å². The van der Waals surface area contributed by atoms with Gasteiger partial charge in [-0.25, -0.2) is 4.98 Å². The van der Waals surface area contributed by atoms with Crippen molar-refractivity contribution in [2.24, 2.45) is 0 Å². The van der Waals surface area contributed by atoms with Crippen molar-refractivity contribution < 1.29 is 9.21 Å². The van der Waals surface area contributed by atoms with Crippen LogP contribution < -0.4 is 5.32 Å². The molecule has 0 saturated heterocycles. The van der Waals surface area contributed by atoms with Gasteiger partial charge >= 0.3 is 0 Å². The Kier molecular flexibility index (Phi) is 4.72. The normalized spacial score (nSPS) is 11.0. The molecule has 7 nitrogen and oxygen atoms in total. The highest BCUT2D eigenvalue weighted by Gasteiger charge is 2.18. The minimum atomic E-state index is -0.335. The molecule has 0 aliphatic rings. The van der Waals surface area contributed by atoms with Gasteiger partial charge in [-0.3, -0.25) is 4.79 Å². The SMILES string of the molecule is CC(C)c1cnc(-c2ccc(NC(=O)c3n[nH]nc3-c3ccccc3)cc2)o1. The summed E-state index contributed by atoms with van der Waals surface area (Å²) >= 11 is 0. The predicted octanol–water partition coefficient (Wildman–Crippen LogP) is 4.50. The van der Waals surface area contributed by atoms with E-state index in [2.05, 4.69) is 39.6 Å². The second kappa shape index (κ2) is 7.48. The monoisotopic (exact) mass is 373 g/mol. The zero-order chi connectivity index (χ0) is 19.5. The predicted molar refractivity (Wildman–Crippen MR) is 106 cm³/mol. The lowest BCUT2D eigenvalue weighted by atomic mass is 10.1. The third-order valence-corrected chi connectivity index (χ3v) is 4.29. The molecule has 140 valence electrons. The van der Waals surface area contributed by atoms with Crippen LogP contribution in [0.3, 0.4) is 0 Å². The van der Waals surface area contributed by atoms with E-state index in [9.17, 15) is 4.79 Å². The van der Waals surface area contributed by atoms with Crippen molar-refractivity contribution in [2.75, 3.05) is 5.32 Å². The molecule has 2 aromatic carbocycles. The van der Waals surface area contributed by atoms with Gasteiger partial charge in [0.2, 0.25) is 5.89 Å². The number of benzene rings is 2. The van der Waals surface area contributed by atoms with Crippen LogP contribution in [0.1, 0.15) is 36.0 Å². The number of oxazole rings is 1. The van der Waals surface area contributed by atoms with E-state index in [-0.39, 0.29) is 17.5 Å². The van der Waals surface area contributed by atoms with Crippen LogP contribution in [0.2, 0.25) is 0 Å². The van der Waals surface area contributed by atoms with E-state index in [1.807, 2.05) is 42.5 Å². The van der Waals surface area contributed by atoms with Crippen LogP contribution in [0.25, 0.3) is 22.7 Å². The molecule has 0 bridgehead atoms. The lowest BCUT2D eigenvalue weighted by Crippen LogP contribution is -2.13. The van der Waals surface area contributed by atoms with E-state index >= 15 is 0 Å². The smallest absolute Gasteiger partial charge is 0.278 e. The molecule has 0 atom stereocenters. The summed E-state index contributed by atoms with van der Waals surface area (Å²) in [6.45, 7) is 4.10. The van der Waals surface area contributed by atoms with Crippen LogP contribution >= 0.6 is 0 Å². The minimum absolute atomic E-state index is 0.240. The number of H-pyrrole nitrogens is 1. The number of nitrogens with one attached hydrogen (secondary N) is 2. The first-order valence-electron chi connectivity index (χ1n) is 8.95. The number of anilines is 1. The van der Waals surface area contributed by atoms with E-state index in [1.54, 1.807) is 18.3 Å². The molecule has 0 radical (unpaired) electrons. The fourth-order valence-electron chi connectivity index (χ4n) is 2.76. The zero-order valence-electron chi connectivity index (χ0n) is 15.5. The Morgan fingerprint density at radius 2 is 1.75 bits per heavy atom. The van der Waals surface area contributed by atoms with E-state index in [4.69, 9.17) is 4.42 Å². The molecule has 2 N–H and O–H groups in total. The third-order valence-electron chi connectivity index (χ3n) is 4.29. The Bertz CT molecular complexity index is 1080. The van der Waals surface area contributed by atoms with Gasteiger partial charge in [0, 0.05) is 22.7 Å². The van der Waals surface area contributed by atoms with Crippen molar-refractivity contribution in [1.29, 1.82) is 0 Å². The summed E-state index contributed by atoms with van der Waals surface area (Å²) in [5.74, 6) is 1.34. The molecule has 0 spiro atoms. The maximum atomic E-state index is 12.6. The van der Waals surface area contributed by atoms with E-state index < -0.39 is 0 Å². The van der Waals surface area contributed by atoms with Gasteiger partial charge in [0.1, 0.15) is 11.5 Å². The van der Waals surface area contributed by atoms with E-state index in [0.717, 1.165) is 16.9 Å². The average molecular weight is 373 g/mol.